The Morgan fingerprint density at radius 1 is 0.962 bits per heavy atom. The van der Waals surface area contributed by atoms with E-state index in [0.717, 1.165) is 0 Å². The summed E-state index contributed by atoms with van der Waals surface area (Å²) in [5, 5.41) is 0. The summed E-state index contributed by atoms with van der Waals surface area (Å²) in [4.78, 5) is 4.01. The highest BCUT2D eigenvalue weighted by atomic mass is 28.3. The molecule has 1 N–H and O–H groups in total. The molecule has 2 aliphatic carbocycles. The molecule has 0 amide bonds. The first kappa shape index (κ1) is 17.8. The lowest BCUT2D eigenvalue weighted by Gasteiger charge is -2.37. The Hall–Kier alpha value is -1.64. The SMILES string of the molecule is CC(C)(C)N[Si](C)(C)C1C=C(c2ccccc2)c2cc3c(cc21)CCC3. The van der Waals surface area contributed by atoms with Crippen molar-refractivity contribution in [2.24, 2.45) is 0 Å². The Kier molecular flexibility index (Phi) is 4.24. The van der Waals surface area contributed by atoms with Gasteiger partial charge < -0.3 is 4.98 Å². The van der Waals surface area contributed by atoms with E-state index >= 15 is 0 Å². The molecule has 0 radical (unpaired) electrons. The Morgan fingerprint density at radius 3 is 2.27 bits per heavy atom. The summed E-state index contributed by atoms with van der Waals surface area (Å²) in [6, 6.07) is 16.0. The zero-order valence-electron chi connectivity index (χ0n) is 16.8. The molecule has 2 heteroatoms. The van der Waals surface area contributed by atoms with Gasteiger partial charge in [-0.2, -0.15) is 0 Å². The fourth-order valence-corrected chi connectivity index (χ4v) is 8.68. The maximum Gasteiger partial charge on any atom is 0.131 e. The normalized spacial score (nSPS) is 19.3. The van der Waals surface area contributed by atoms with Gasteiger partial charge in [0.15, 0.2) is 0 Å². The topological polar surface area (TPSA) is 12.0 Å². The second kappa shape index (κ2) is 6.21. The van der Waals surface area contributed by atoms with Gasteiger partial charge in [-0.15, -0.1) is 0 Å². The van der Waals surface area contributed by atoms with Crippen molar-refractivity contribution >= 4 is 13.8 Å². The third-order valence-electron chi connectivity index (χ3n) is 5.78. The van der Waals surface area contributed by atoms with E-state index in [9.17, 15) is 0 Å². The van der Waals surface area contributed by atoms with Gasteiger partial charge in [0.25, 0.3) is 0 Å². The molecule has 4 rings (SSSR count). The zero-order valence-corrected chi connectivity index (χ0v) is 17.8. The predicted molar refractivity (Wildman–Crippen MR) is 115 cm³/mol. The first-order valence-electron chi connectivity index (χ1n) is 9.97. The van der Waals surface area contributed by atoms with Crippen molar-refractivity contribution in [3.8, 4) is 0 Å². The number of aryl methyl sites for hydroxylation is 2. The van der Waals surface area contributed by atoms with Crippen LogP contribution in [0.4, 0.5) is 0 Å². The second-order valence-corrected chi connectivity index (χ2v) is 13.9. The Bertz CT molecular complexity index is 856. The van der Waals surface area contributed by atoms with E-state index in [1.807, 2.05) is 0 Å². The molecule has 1 nitrogen and oxygen atoms in total. The lowest BCUT2D eigenvalue weighted by molar-refractivity contribution is 0.509. The molecule has 0 fully saturated rings. The van der Waals surface area contributed by atoms with Gasteiger partial charge in [0.2, 0.25) is 0 Å². The van der Waals surface area contributed by atoms with E-state index in [2.05, 4.69) is 87.4 Å². The summed E-state index contributed by atoms with van der Waals surface area (Å²) < 4.78 is 0. The fourth-order valence-electron chi connectivity index (χ4n) is 4.99. The van der Waals surface area contributed by atoms with Gasteiger partial charge in [0.05, 0.1) is 0 Å². The third kappa shape index (κ3) is 3.21. The van der Waals surface area contributed by atoms with Crippen LogP contribution in [0.15, 0.2) is 48.5 Å². The maximum atomic E-state index is 4.01. The van der Waals surface area contributed by atoms with Crippen molar-refractivity contribution in [2.75, 3.05) is 0 Å². The molecule has 2 aromatic carbocycles. The summed E-state index contributed by atoms with van der Waals surface area (Å²) in [5.41, 5.74) is 9.70. The van der Waals surface area contributed by atoms with Crippen molar-refractivity contribution in [3.63, 3.8) is 0 Å². The Labute approximate surface area is 159 Å². The van der Waals surface area contributed by atoms with Crippen LogP contribution in [0.5, 0.6) is 0 Å². The van der Waals surface area contributed by atoms with Crippen LogP contribution in [0.25, 0.3) is 5.57 Å². The van der Waals surface area contributed by atoms with Crippen molar-refractivity contribution in [3.05, 3.63) is 76.4 Å². The van der Waals surface area contributed by atoms with Gasteiger partial charge in [0.1, 0.15) is 8.24 Å². The third-order valence-corrected chi connectivity index (χ3v) is 9.21. The van der Waals surface area contributed by atoms with E-state index in [1.54, 1.807) is 16.7 Å². The predicted octanol–water partition coefficient (Wildman–Crippen LogP) is 5.84. The molecule has 0 saturated heterocycles. The Balaban J connectivity index is 1.85. The van der Waals surface area contributed by atoms with Crippen LogP contribution in [0.3, 0.4) is 0 Å². The quantitative estimate of drug-likeness (QED) is 0.678. The largest absolute Gasteiger partial charge is 0.332 e. The van der Waals surface area contributed by atoms with Crippen LogP contribution in [0.1, 0.15) is 60.6 Å². The molecule has 26 heavy (non-hydrogen) atoms. The molecule has 2 aliphatic rings. The number of fused-ring (bicyclic) bond motifs is 2. The second-order valence-electron chi connectivity index (χ2n) is 9.58. The molecule has 0 saturated carbocycles. The number of hydrogen-bond donors (Lipinski definition) is 1. The molecule has 1 unspecified atom stereocenters. The Morgan fingerprint density at radius 2 is 1.62 bits per heavy atom. The van der Waals surface area contributed by atoms with E-state index < -0.39 is 8.24 Å². The molecular weight excluding hydrogens is 330 g/mol. The minimum atomic E-state index is -1.69. The van der Waals surface area contributed by atoms with Gasteiger partial charge in [-0.05, 0) is 73.4 Å². The van der Waals surface area contributed by atoms with Gasteiger partial charge in [0, 0.05) is 11.1 Å². The lowest BCUT2D eigenvalue weighted by atomic mass is 9.95. The standard InChI is InChI=1S/C24H31NSi/c1-24(2,3)25-26(4,5)23-16-20(17-10-7-6-8-11-17)21-14-18-12-9-13-19(18)15-22(21)23/h6-8,10-11,14-16,23,25H,9,12-13H2,1-5H3. The van der Waals surface area contributed by atoms with Gasteiger partial charge >= 0.3 is 0 Å². The number of hydrogen-bond acceptors (Lipinski definition) is 1. The van der Waals surface area contributed by atoms with Gasteiger partial charge in [-0.25, -0.2) is 0 Å². The van der Waals surface area contributed by atoms with Crippen molar-refractivity contribution < 1.29 is 0 Å². The maximum absolute atomic E-state index is 4.01. The van der Waals surface area contributed by atoms with Crippen LogP contribution in [-0.4, -0.2) is 13.8 Å². The van der Waals surface area contributed by atoms with Crippen LogP contribution in [0.2, 0.25) is 13.1 Å². The fraction of sp³-hybridized carbons (Fsp3) is 0.417. The molecule has 0 heterocycles. The highest BCUT2D eigenvalue weighted by Crippen LogP contribution is 2.45. The van der Waals surface area contributed by atoms with Crippen LogP contribution >= 0.6 is 0 Å². The van der Waals surface area contributed by atoms with Crippen molar-refractivity contribution in [1.29, 1.82) is 0 Å². The minimum absolute atomic E-state index is 0.149. The molecule has 0 spiro atoms. The average Bonchev–Trinajstić information content (AvgIpc) is 3.15. The van der Waals surface area contributed by atoms with Crippen molar-refractivity contribution in [1.82, 2.24) is 4.98 Å². The first-order chi connectivity index (χ1) is 12.2. The molecule has 0 bridgehead atoms. The van der Waals surface area contributed by atoms with Crippen molar-refractivity contribution in [2.45, 2.75) is 64.2 Å². The van der Waals surface area contributed by atoms with Gasteiger partial charge in [-0.1, -0.05) is 61.6 Å². The molecule has 1 atom stereocenters. The van der Waals surface area contributed by atoms with E-state index in [0.29, 0.717) is 5.54 Å². The molecule has 136 valence electrons. The summed E-state index contributed by atoms with van der Waals surface area (Å²) in [5.74, 6) is 0. The van der Waals surface area contributed by atoms with E-state index in [4.69, 9.17) is 0 Å². The molecule has 0 aromatic heterocycles. The summed E-state index contributed by atoms with van der Waals surface area (Å²) in [6.45, 7) is 11.9. The number of nitrogens with one attached hydrogen (secondary N) is 1. The summed E-state index contributed by atoms with van der Waals surface area (Å²) in [6.07, 6.45) is 6.38. The summed E-state index contributed by atoms with van der Waals surface area (Å²) >= 11 is 0. The first-order valence-corrected chi connectivity index (χ1v) is 13.0. The number of allylic oxidation sites excluding steroid dienone is 1. The van der Waals surface area contributed by atoms with Crippen LogP contribution in [0, 0.1) is 0 Å². The van der Waals surface area contributed by atoms with Crippen LogP contribution in [-0.2, 0) is 12.8 Å². The average molecular weight is 362 g/mol. The lowest BCUT2D eigenvalue weighted by Crippen LogP contribution is -2.57. The minimum Gasteiger partial charge on any atom is -0.332 e. The monoisotopic (exact) mass is 361 g/mol. The molecule has 0 aliphatic heterocycles. The molecular formula is C24H31NSi. The van der Waals surface area contributed by atoms with Gasteiger partial charge in [-0.3, -0.25) is 0 Å². The summed E-state index contributed by atoms with van der Waals surface area (Å²) in [7, 11) is -1.69. The zero-order chi connectivity index (χ0) is 18.5. The van der Waals surface area contributed by atoms with E-state index in [-0.39, 0.29) is 5.54 Å². The highest BCUT2D eigenvalue weighted by molar-refractivity contribution is 6.77. The number of benzene rings is 2. The van der Waals surface area contributed by atoms with E-state index in [1.165, 1.54) is 36.0 Å². The highest BCUT2D eigenvalue weighted by Gasteiger charge is 2.40. The smallest absolute Gasteiger partial charge is 0.131 e. The number of rotatable bonds is 3. The molecule has 2 aromatic rings. The van der Waals surface area contributed by atoms with Crippen LogP contribution < -0.4 is 4.98 Å².